The molecule has 0 saturated heterocycles. The molecule has 0 saturated carbocycles. The molecule has 0 amide bonds. The lowest BCUT2D eigenvalue weighted by Gasteiger charge is -2.25. The summed E-state index contributed by atoms with van der Waals surface area (Å²) < 4.78 is 13.6. The Bertz CT molecular complexity index is 1900. The van der Waals surface area contributed by atoms with Gasteiger partial charge in [0.25, 0.3) is 5.56 Å². The van der Waals surface area contributed by atoms with Crippen LogP contribution in [0.15, 0.2) is 87.8 Å². The van der Waals surface area contributed by atoms with Gasteiger partial charge >= 0.3 is 5.97 Å². The molecule has 0 aliphatic carbocycles. The number of carbonyl (C=O) groups is 1. The number of hydrogen-bond donors (Lipinski definition) is 0. The molecule has 1 aliphatic heterocycles. The highest BCUT2D eigenvalue weighted by atomic mass is 35.5. The lowest BCUT2D eigenvalue weighted by molar-refractivity contribution is -0.136. The predicted octanol–water partition coefficient (Wildman–Crippen LogP) is 6.53. The van der Waals surface area contributed by atoms with E-state index in [4.69, 9.17) is 37.7 Å². The molecule has 44 heavy (non-hydrogen) atoms. The summed E-state index contributed by atoms with van der Waals surface area (Å²) in [5, 5.41) is 1.06. The molecule has 0 radical (unpaired) electrons. The number of methoxy groups -OCH3 is 1. The third-order valence-corrected chi connectivity index (χ3v) is 9.15. The zero-order valence-electron chi connectivity index (χ0n) is 25.0. The van der Waals surface area contributed by atoms with E-state index in [-0.39, 0.29) is 12.2 Å². The number of fused-ring (bicyclic) bond motifs is 1. The Balaban J connectivity index is 1.65. The summed E-state index contributed by atoms with van der Waals surface area (Å²) >= 11 is 13.8. The van der Waals surface area contributed by atoms with E-state index in [9.17, 15) is 9.59 Å². The third-order valence-electron chi connectivity index (χ3n) is 7.58. The van der Waals surface area contributed by atoms with Crippen molar-refractivity contribution in [3.05, 3.63) is 124 Å². The van der Waals surface area contributed by atoms with Crippen molar-refractivity contribution in [2.45, 2.75) is 39.8 Å². The van der Waals surface area contributed by atoms with Crippen LogP contribution in [0.25, 0.3) is 6.08 Å². The van der Waals surface area contributed by atoms with Gasteiger partial charge in [-0.1, -0.05) is 77.9 Å². The van der Waals surface area contributed by atoms with Crippen LogP contribution < -0.4 is 24.5 Å². The quantitative estimate of drug-likeness (QED) is 0.183. The molecule has 5 rings (SSSR count). The van der Waals surface area contributed by atoms with Crippen LogP contribution in [0.1, 0.15) is 49.9 Å². The molecule has 1 atom stereocenters. The summed E-state index contributed by atoms with van der Waals surface area (Å²) in [4.78, 5) is 34.7. The van der Waals surface area contributed by atoms with Crippen LogP contribution in [0.3, 0.4) is 0 Å². The summed E-state index contributed by atoms with van der Waals surface area (Å²) in [7, 11) is 1.34. The van der Waals surface area contributed by atoms with E-state index in [1.54, 1.807) is 16.7 Å². The number of nitrogens with zero attached hydrogens (tertiary/aromatic N) is 3. The van der Waals surface area contributed by atoms with E-state index in [1.807, 2.05) is 67.6 Å². The molecule has 0 N–H and O–H groups in total. The van der Waals surface area contributed by atoms with Crippen molar-refractivity contribution in [1.29, 1.82) is 0 Å². The molecule has 1 aromatic heterocycles. The van der Waals surface area contributed by atoms with Crippen LogP contribution in [0, 0.1) is 0 Å². The van der Waals surface area contributed by atoms with E-state index in [0.29, 0.717) is 42.8 Å². The first-order chi connectivity index (χ1) is 21.3. The van der Waals surface area contributed by atoms with Gasteiger partial charge in [0.15, 0.2) is 4.80 Å². The molecule has 0 bridgehead atoms. The highest BCUT2D eigenvalue weighted by molar-refractivity contribution is 7.07. The second-order valence-corrected chi connectivity index (χ2v) is 12.0. The molecule has 4 aromatic rings. The molecule has 228 valence electrons. The van der Waals surface area contributed by atoms with Crippen LogP contribution in [-0.2, 0) is 16.1 Å². The van der Waals surface area contributed by atoms with Gasteiger partial charge in [-0.15, -0.1) is 0 Å². The van der Waals surface area contributed by atoms with Crippen molar-refractivity contribution in [2.24, 2.45) is 4.99 Å². The van der Waals surface area contributed by atoms with Crippen LogP contribution >= 0.6 is 34.5 Å². The summed E-state index contributed by atoms with van der Waals surface area (Å²) in [5.41, 5.74) is 4.05. The van der Waals surface area contributed by atoms with Gasteiger partial charge in [-0.25, -0.2) is 9.79 Å². The van der Waals surface area contributed by atoms with Crippen LogP contribution in [0.5, 0.6) is 5.75 Å². The second-order valence-electron chi connectivity index (χ2n) is 10.1. The van der Waals surface area contributed by atoms with Gasteiger partial charge in [0.1, 0.15) is 12.4 Å². The van der Waals surface area contributed by atoms with Gasteiger partial charge in [-0.3, -0.25) is 9.36 Å². The molecular formula is C34H33Cl2N3O4S. The SMILES string of the molecule is CCC1=C(C(=O)OC)[C@H](c2ccccc2)n2c(s/c(=C/c3ccc(N(CC)CC)cc3OCc3ccc(Cl)cc3Cl)c2=O)=N1. The number of anilines is 1. The summed E-state index contributed by atoms with van der Waals surface area (Å²) in [6, 6.07) is 20.1. The number of allylic oxidation sites excluding steroid dienone is 1. The number of hydrogen-bond acceptors (Lipinski definition) is 7. The summed E-state index contributed by atoms with van der Waals surface area (Å²) in [6.07, 6.45) is 2.33. The van der Waals surface area contributed by atoms with E-state index >= 15 is 0 Å². The summed E-state index contributed by atoms with van der Waals surface area (Å²) in [6.45, 7) is 8.02. The van der Waals surface area contributed by atoms with Gasteiger partial charge in [-0.05, 0) is 56.2 Å². The van der Waals surface area contributed by atoms with Crippen LogP contribution in [-0.4, -0.2) is 30.7 Å². The Morgan fingerprint density at radius 3 is 2.45 bits per heavy atom. The Morgan fingerprint density at radius 1 is 1.05 bits per heavy atom. The number of esters is 1. The van der Waals surface area contributed by atoms with E-state index < -0.39 is 12.0 Å². The van der Waals surface area contributed by atoms with E-state index in [2.05, 4.69) is 18.7 Å². The van der Waals surface area contributed by atoms with Crippen molar-refractivity contribution >= 4 is 52.3 Å². The monoisotopic (exact) mass is 649 g/mol. The van der Waals surface area contributed by atoms with Crippen molar-refractivity contribution in [2.75, 3.05) is 25.1 Å². The van der Waals surface area contributed by atoms with Gasteiger partial charge in [0.2, 0.25) is 0 Å². The molecule has 1 aliphatic rings. The molecule has 10 heteroatoms. The zero-order valence-corrected chi connectivity index (χ0v) is 27.3. The fourth-order valence-electron chi connectivity index (χ4n) is 5.30. The maximum absolute atomic E-state index is 14.1. The summed E-state index contributed by atoms with van der Waals surface area (Å²) in [5.74, 6) is 0.104. The fraction of sp³-hybridized carbons (Fsp3) is 0.265. The van der Waals surface area contributed by atoms with Crippen LogP contribution in [0.4, 0.5) is 5.69 Å². The number of aromatic nitrogens is 1. The lowest BCUT2D eigenvalue weighted by Crippen LogP contribution is -2.40. The highest BCUT2D eigenvalue weighted by Crippen LogP contribution is 2.32. The molecule has 0 unspecified atom stereocenters. The topological polar surface area (TPSA) is 73.1 Å². The number of halogens is 2. The minimum absolute atomic E-state index is 0.218. The smallest absolute Gasteiger partial charge is 0.338 e. The Hall–Kier alpha value is -3.85. The fourth-order valence-corrected chi connectivity index (χ4v) is 6.78. The molecule has 0 fully saturated rings. The standard InChI is InChI=1S/C34H33Cl2N3O4S/c1-5-27-30(33(41)42-4)31(21-11-9-8-10-12-21)39-32(40)29(44-34(39)37-27)17-22-14-16-25(38(6-2)7-3)19-28(22)43-20-23-13-15-24(35)18-26(23)36/h8-19,31H,5-7,20H2,1-4H3/b29-17+/t31-/m0/s1. The lowest BCUT2D eigenvalue weighted by atomic mass is 9.95. The Labute approximate surface area is 270 Å². The second kappa shape index (κ2) is 13.8. The minimum atomic E-state index is -0.662. The van der Waals surface area contributed by atoms with Gasteiger partial charge in [0.05, 0.1) is 29.0 Å². The molecular weight excluding hydrogens is 617 g/mol. The number of benzene rings is 3. The van der Waals surface area contributed by atoms with Gasteiger partial charge in [-0.2, -0.15) is 0 Å². The molecule has 0 spiro atoms. The first-order valence-corrected chi connectivity index (χ1v) is 16.0. The van der Waals surface area contributed by atoms with E-state index in [1.165, 1.54) is 18.4 Å². The number of carbonyl (C=O) groups excluding carboxylic acids is 1. The van der Waals surface area contributed by atoms with Crippen molar-refractivity contribution < 1.29 is 14.3 Å². The maximum Gasteiger partial charge on any atom is 0.338 e. The highest BCUT2D eigenvalue weighted by Gasteiger charge is 2.33. The number of ether oxygens (including phenoxy) is 2. The van der Waals surface area contributed by atoms with Crippen molar-refractivity contribution in [3.8, 4) is 5.75 Å². The first-order valence-electron chi connectivity index (χ1n) is 14.4. The number of rotatable bonds is 10. The average Bonchev–Trinajstić information content (AvgIpc) is 3.35. The largest absolute Gasteiger partial charge is 0.488 e. The van der Waals surface area contributed by atoms with Gasteiger partial charge < -0.3 is 14.4 Å². The Morgan fingerprint density at radius 2 is 1.80 bits per heavy atom. The normalized spacial score (nSPS) is 14.7. The number of thiazole rings is 1. The average molecular weight is 651 g/mol. The third kappa shape index (κ3) is 6.34. The van der Waals surface area contributed by atoms with Crippen LogP contribution in [0.2, 0.25) is 10.0 Å². The zero-order chi connectivity index (χ0) is 31.4. The van der Waals surface area contributed by atoms with Crippen molar-refractivity contribution in [3.63, 3.8) is 0 Å². The minimum Gasteiger partial charge on any atom is -0.488 e. The predicted molar refractivity (Wildman–Crippen MR) is 178 cm³/mol. The molecule has 7 nitrogen and oxygen atoms in total. The van der Waals surface area contributed by atoms with Gasteiger partial charge in [0, 0.05) is 46.0 Å². The Kier molecular flexibility index (Phi) is 9.93. The van der Waals surface area contributed by atoms with E-state index in [0.717, 1.165) is 35.5 Å². The molecule has 2 heterocycles. The molecule has 3 aromatic carbocycles. The van der Waals surface area contributed by atoms with Crippen molar-refractivity contribution in [1.82, 2.24) is 4.57 Å². The maximum atomic E-state index is 14.1. The first kappa shape index (κ1) is 31.6.